The first-order valence-corrected chi connectivity index (χ1v) is 5.31. The lowest BCUT2D eigenvalue weighted by Crippen LogP contribution is -2.54. The number of aliphatic hydroxyl groups excluding tert-OH is 1. The molecule has 0 amide bonds. The molecule has 3 heterocycles. The lowest BCUT2D eigenvalue weighted by atomic mass is 9.98. The van der Waals surface area contributed by atoms with Crippen molar-refractivity contribution in [1.29, 1.82) is 0 Å². The summed E-state index contributed by atoms with van der Waals surface area (Å²) in [5.41, 5.74) is 0.344. The Balaban J connectivity index is 2.21. The van der Waals surface area contributed by atoms with Gasteiger partial charge in [-0.25, -0.2) is 9.97 Å². The lowest BCUT2D eigenvalue weighted by molar-refractivity contribution is -0.122. The normalized spacial score (nSPS) is 18.6. The SMILES string of the molecule is OCC1(n2ccc3c(Cl)ncnc32)COC1. The summed E-state index contributed by atoms with van der Waals surface area (Å²) in [5.74, 6) is 0. The van der Waals surface area contributed by atoms with Crippen LogP contribution in [-0.4, -0.2) is 39.5 Å². The van der Waals surface area contributed by atoms with Crippen molar-refractivity contribution in [1.82, 2.24) is 14.5 Å². The van der Waals surface area contributed by atoms with Crippen LogP contribution in [0.25, 0.3) is 11.0 Å². The highest BCUT2D eigenvalue weighted by Crippen LogP contribution is 2.31. The minimum atomic E-state index is -0.389. The molecule has 0 aliphatic carbocycles. The second-order valence-electron chi connectivity index (χ2n) is 3.96. The van der Waals surface area contributed by atoms with Gasteiger partial charge in [0.1, 0.15) is 22.7 Å². The van der Waals surface area contributed by atoms with Crippen LogP contribution in [0.2, 0.25) is 5.15 Å². The first-order chi connectivity index (χ1) is 7.77. The highest BCUT2D eigenvalue weighted by atomic mass is 35.5. The second kappa shape index (κ2) is 3.41. The van der Waals surface area contributed by atoms with Crippen molar-refractivity contribution in [2.45, 2.75) is 5.54 Å². The maximum atomic E-state index is 9.46. The van der Waals surface area contributed by atoms with Gasteiger partial charge in [0, 0.05) is 6.20 Å². The van der Waals surface area contributed by atoms with Crippen LogP contribution >= 0.6 is 11.6 Å². The number of rotatable bonds is 2. The molecule has 84 valence electrons. The fourth-order valence-corrected chi connectivity index (χ4v) is 2.14. The molecule has 2 aromatic rings. The number of aromatic nitrogens is 3. The molecule has 1 aliphatic heterocycles. The minimum Gasteiger partial charge on any atom is -0.394 e. The average Bonchev–Trinajstić information content (AvgIpc) is 2.64. The third kappa shape index (κ3) is 1.19. The largest absolute Gasteiger partial charge is 0.394 e. The topological polar surface area (TPSA) is 60.2 Å². The molecule has 2 aromatic heterocycles. The minimum absolute atomic E-state index is 0.0262. The molecular weight excluding hydrogens is 230 g/mol. The lowest BCUT2D eigenvalue weighted by Gasteiger charge is -2.41. The Bertz CT molecular complexity index is 530. The molecule has 1 fully saturated rings. The van der Waals surface area contributed by atoms with E-state index in [2.05, 4.69) is 9.97 Å². The predicted octanol–water partition coefficient (Wildman–Crippen LogP) is 0.802. The third-order valence-electron chi connectivity index (χ3n) is 2.98. The molecule has 0 unspecified atom stereocenters. The zero-order chi connectivity index (χ0) is 11.2. The Kier molecular flexibility index (Phi) is 2.14. The summed E-state index contributed by atoms with van der Waals surface area (Å²) in [6.45, 7) is 1.02. The Morgan fingerprint density at radius 3 is 2.94 bits per heavy atom. The number of halogens is 1. The zero-order valence-electron chi connectivity index (χ0n) is 8.43. The molecule has 1 aliphatic rings. The summed E-state index contributed by atoms with van der Waals surface area (Å²) in [7, 11) is 0. The van der Waals surface area contributed by atoms with Crippen LogP contribution in [-0.2, 0) is 10.3 Å². The number of ether oxygens (including phenoxy) is 1. The molecule has 5 nitrogen and oxygen atoms in total. The fourth-order valence-electron chi connectivity index (χ4n) is 1.95. The van der Waals surface area contributed by atoms with E-state index in [9.17, 15) is 5.11 Å². The summed E-state index contributed by atoms with van der Waals surface area (Å²) >= 11 is 5.97. The van der Waals surface area contributed by atoms with Gasteiger partial charge in [0.05, 0.1) is 25.2 Å². The fraction of sp³-hybridized carbons (Fsp3) is 0.400. The average molecular weight is 240 g/mol. The smallest absolute Gasteiger partial charge is 0.145 e. The van der Waals surface area contributed by atoms with Gasteiger partial charge in [-0.05, 0) is 6.07 Å². The quantitative estimate of drug-likeness (QED) is 0.788. The monoisotopic (exact) mass is 239 g/mol. The maximum Gasteiger partial charge on any atom is 0.145 e. The van der Waals surface area contributed by atoms with Gasteiger partial charge in [-0.2, -0.15) is 0 Å². The van der Waals surface area contributed by atoms with Crippen molar-refractivity contribution >= 4 is 22.6 Å². The van der Waals surface area contributed by atoms with Gasteiger partial charge in [0.25, 0.3) is 0 Å². The number of hydrogen-bond donors (Lipinski definition) is 1. The van der Waals surface area contributed by atoms with Crippen molar-refractivity contribution < 1.29 is 9.84 Å². The van der Waals surface area contributed by atoms with Crippen molar-refractivity contribution in [3.63, 3.8) is 0 Å². The molecule has 0 saturated carbocycles. The molecule has 6 heteroatoms. The number of aliphatic hydroxyl groups is 1. The van der Waals surface area contributed by atoms with Crippen LogP contribution < -0.4 is 0 Å². The third-order valence-corrected chi connectivity index (χ3v) is 3.28. The van der Waals surface area contributed by atoms with Gasteiger partial charge in [-0.3, -0.25) is 0 Å². The number of hydrogen-bond acceptors (Lipinski definition) is 4. The Labute approximate surface area is 96.6 Å². The van der Waals surface area contributed by atoms with Gasteiger partial charge >= 0.3 is 0 Å². The Morgan fingerprint density at radius 1 is 1.50 bits per heavy atom. The van der Waals surface area contributed by atoms with Crippen LogP contribution in [0.5, 0.6) is 0 Å². The van der Waals surface area contributed by atoms with Crippen LogP contribution in [0.1, 0.15) is 0 Å². The summed E-state index contributed by atoms with van der Waals surface area (Å²) in [6.07, 6.45) is 3.29. The molecule has 3 rings (SSSR count). The van der Waals surface area contributed by atoms with Crippen LogP contribution in [0.3, 0.4) is 0 Å². The molecule has 0 bridgehead atoms. The zero-order valence-corrected chi connectivity index (χ0v) is 9.18. The summed E-state index contributed by atoms with van der Waals surface area (Å²) < 4.78 is 7.09. The van der Waals surface area contributed by atoms with Crippen molar-refractivity contribution in [2.24, 2.45) is 0 Å². The summed E-state index contributed by atoms with van der Waals surface area (Å²) in [5, 5.41) is 10.7. The van der Waals surface area contributed by atoms with Crippen molar-refractivity contribution in [3.05, 3.63) is 23.7 Å². The van der Waals surface area contributed by atoms with E-state index in [-0.39, 0.29) is 12.1 Å². The van der Waals surface area contributed by atoms with E-state index in [1.165, 1.54) is 6.33 Å². The first kappa shape index (κ1) is 10.0. The van der Waals surface area contributed by atoms with Gasteiger partial charge in [-0.15, -0.1) is 0 Å². The summed E-state index contributed by atoms with van der Waals surface area (Å²) in [6, 6.07) is 1.85. The van der Waals surface area contributed by atoms with Gasteiger partial charge in [-0.1, -0.05) is 11.6 Å². The highest BCUT2D eigenvalue weighted by molar-refractivity contribution is 6.33. The standard InChI is InChI=1S/C10H10ClN3O2/c11-8-7-1-2-14(9(7)13-6-12-8)10(3-15)4-16-5-10/h1-2,6,15H,3-5H2. The van der Waals surface area contributed by atoms with Crippen molar-refractivity contribution in [3.8, 4) is 0 Å². The Morgan fingerprint density at radius 2 is 2.31 bits per heavy atom. The molecule has 0 spiro atoms. The highest BCUT2D eigenvalue weighted by Gasteiger charge is 2.40. The summed E-state index contributed by atoms with van der Waals surface area (Å²) in [4.78, 5) is 8.12. The predicted molar refractivity (Wildman–Crippen MR) is 58.4 cm³/mol. The number of fused-ring (bicyclic) bond motifs is 1. The van der Waals surface area contributed by atoms with E-state index in [4.69, 9.17) is 16.3 Å². The first-order valence-electron chi connectivity index (χ1n) is 4.93. The maximum absolute atomic E-state index is 9.46. The molecular formula is C10H10ClN3O2. The molecule has 0 aromatic carbocycles. The van der Waals surface area contributed by atoms with Gasteiger partial charge in [0.15, 0.2) is 0 Å². The second-order valence-corrected chi connectivity index (χ2v) is 4.32. The Hall–Kier alpha value is -1.17. The van der Waals surface area contributed by atoms with E-state index in [1.54, 1.807) is 0 Å². The van der Waals surface area contributed by atoms with E-state index in [0.29, 0.717) is 18.4 Å². The van der Waals surface area contributed by atoms with E-state index in [0.717, 1.165) is 11.0 Å². The van der Waals surface area contributed by atoms with Crippen LogP contribution in [0.4, 0.5) is 0 Å². The van der Waals surface area contributed by atoms with Crippen molar-refractivity contribution in [2.75, 3.05) is 19.8 Å². The number of nitrogens with zero attached hydrogens (tertiary/aromatic N) is 3. The molecule has 0 atom stereocenters. The van der Waals surface area contributed by atoms with Gasteiger partial charge < -0.3 is 14.4 Å². The van der Waals surface area contributed by atoms with Gasteiger partial charge in [0.2, 0.25) is 0 Å². The molecule has 1 N–H and O–H groups in total. The van der Waals surface area contributed by atoms with Crippen LogP contribution in [0.15, 0.2) is 18.6 Å². The van der Waals surface area contributed by atoms with Crippen LogP contribution in [0, 0.1) is 0 Å². The molecule has 16 heavy (non-hydrogen) atoms. The van der Waals surface area contributed by atoms with E-state index < -0.39 is 0 Å². The molecule has 0 radical (unpaired) electrons. The van der Waals surface area contributed by atoms with E-state index >= 15 is 0 Å². The molecule has 1 saturated heterocycles. The van der Waals surface area contributed by atoms with E-state index in [1.807, 2.05) is 16.8 Å².